The van der Waals surface area contributed by atoms with Crippen molar-refractivity contribution in [2.45, 2.75) is 23.7 Å². The van der Waals surface area contributed by atoms with Crippen LogP contribution in [0.25, 0.3) is 0 Å². The molecule has 106 valence electrons. The summed E-state index contributed by atoms with van der Waals surface area (Å²) in [5.41, 5.74) is 6.42. The number of nitrogens with zero attached hydrogens (tertiary/aromatic N) is 1. The van der Waals surface area contributed by atoms with Crippen LogP contribution in [0.3, 0.4) is 0 Å². The molecule has 0 amide bonds. The van der Waals surface area contributed by atoms with Gasteiger partial charge < -0.3 is 5.73 Å². The Balaban J connectivity index is 1.86. The van der Waals surface area contributed by atoms with Crippen molar-refractivity contribution in [1.29, 1.82) is 0 Å². The van der Waals surface area contributed by atoms with Crippen molar-refractivity contribution < 1.29 is 12.8 Å². The molecule has 0 bridgehead atoms. The molecular formula is C12H12FN3O2S2. The molecule has 0 unspecified atom stereocenters. The number of anilines is 2. The lowest BCUT2D eigenvalue weighted by atomic mass is 10.3. The Labute approximate surface area is 119 Å². The maximum Gasteiger partial charge on any atom is 0.263 e. The van der Waals surface area contributed by atoms with Crippen LogP contribution in [0, 0.1) is 5.82 Å². The number of nitrogens with two attached hydrogens (primary N) is 1. The molecule has 5 nitrogen and oxygen atoms in total. The lowest BCUT2D eigenvalue weighted by Crippen LogP contribution is -2.13. The van der Waals surface area contributed by atoms with E-state index < -0.39 is 15.8 Å². The second kappa shape index (κ2) is 4.71. The van der Waals surface area contributed by atoms with E-state index in [-0.39, 0.29) is 15.7 Å². The third-order valence-electron chi connectivity index (χ3n) is 2.94. The van der Waals surface area contributed by atoms with Gasteiger partial charge in [-0.25, -0.2) is 17.8 Å². The highest BCUT2D eigenvalue weighted by molar-refractivity contribution is 7.93. The molecule has 1 fully saturated rings. The van der Waals surface area contributed by atoms with Gasteiger partial charge in [-0.1, -0.05) is 0 Å². The van der Waals surface area contributed by atoms with Gasteiger partial charge in [0, 0.05) is 17.0 Å². The van der Waals surface area contributed by atoms with Crippen LogP contribution in [-0.2, 0) is 10.0 Å². The lowest BCUT2D eigenvalue weighted by molar-refractivity contribution is 0.595. The summed E-state index contributed by atoms with van der Waals surface area (Å²) < 4.78 is 39.8. The van der Waals surface area contributed by atoms with E-state index in [4.69, 9.17) is 5.73 Å². The van der Waals surface area contributed by atoms with Crippen molar-refractivity contribution in [2.24, 2.45) is 0 Å². The fraction of sp³-hybridized carbons (Fsp3) is 0.250. The van der Waals surface area contributed by atoms with E-state index in [9.17, 15) is 12.8 Å². The van der Waals surface area contributed by atoms with E-state index in [1.54, 1.807) is 0 Å². The number of hydrogen-bond acceptors (Lipinski definition) is 5. The molecule has 1 aromatic heterocycles. The lowest BCUT2D eigenvalue weighted by Gasteiger charge is -2.06. The van der Waals surface area contributed by atoms with Crippen LogP contribution in [0.1, 0.15) is 24.5 Å². The molecule has 2 aromatic rings. The Morgan fingerprint density at radius 1 is 1.35 bits per heavy atom. The van der Waals surface area contributed by atoms with Crippen LogP contribution in [0.2, 0.25) is 0 Å². The van der Waals surface area contributed by atoms with Gasteiger partial charge in [0.05, 0.1) is 10.6 Å². The van der Waals surface area contributed by atoms with Crippen LogP contribution in [0.5, 0.6) is 0 Å². The molecule has 0 radical (unpaired) electrons. The Morgan fingerprint density at radius 3 is 2.75 bits per heavy atom. The molecule has 0 saturated heterocycles. The number of rotatable bonds is 4. The van der Waals surface area contributed by atoms with Crippen molar-refractivity contribution >= 4 is 32.2 Å². The van der Waals surface area contributed by atoms with Crippen LogP contribution in [0.15, 0.2) is 28.5 Å². The fourth-order valence-electron chi connectivity index (χ4n) is 1.81. The first kappa shape index (κ1) is 13.3. The Morgan fingerprint density at radius 2 is 2.10 bits per heavy atom. The number of hydrogen-bond donors (Lipinski definition) is 2. The van der Waals surface area contributed by atoms with Crippen molar-refractivity contribution in [3.05, 3.63) is 35.1 Å². The van der Waals surface area contributed by atoms with Gasteiger partial charge in [0.15, 0.2) is 5.13 Å². The highest BCUT2D eigenvalue weighted by Crippen LogP contribution is 2.41. The minimum Gasteiger partial charge on any atom is -0.399 e. The highest BCUT2D eigenvalue weighted by atomic mass is 32.2. The van der Waals surface area contributed by atoms with E-state index in [1.807, 2.05) is 5.38 Å². The number of thiazole rings is 1. The summed E-state index contributed by atoms with van der Waals surface area (Å²) >= 11 is 1.22. The molecule has 0 spiro atoms. The van der Waals surface area contributed by atoms with Gasteiger partial charge in [-0.3, -0.25) is 4.72 Å². The third kappa shape index (κ3) is 2.75. The Kier molecular flexibility index (Phi) is 3.14. The van der Waals surface area contributed by atoms with Gasteiger partial charge >= 0.3 is 0 Å². The normalized spacial score (nSPS) is 15.2. The molecule has 1 aliphatic carbocycles. The summed E-state index contributed by atoms with van der Waals surface area (Å²) in [5, 5.41) is 2.13. The Bertz CT molecular complexity index is 734. The number of halogens is 1. The number of benzene rings is 1. The minimum atomic E-state index is -3.87. The third-order valence-corrected chi connectivity index (χ3v) is 5.17. The van der Waals surface area contributed by atoms with E-state index in [2.05, 4.69) is 9.71 Å². The van der Waals surface area contributed by atoms with Gasteiger partial charge in [0.2, 0.25) is 0 Å². The molecule has 3 N–H and O–H groups in total. The molecule has 1 heterocycles. The maximum atomic E-state index is 13.2. The molecule has 0 atom stereocenters. The van der Waals surface area contributed by atoms with E-state index in [1.165, 1.54) is 17.4 Å². The summed E-state index contributed by atoms with van der Waals surface area (Å²) in [6, 6.07) is 3.20. The molecule has 3 rings (SSSR count). The van der Waals surface area contributed by atoms with Crippen molar-refractivity contribution in [1.82, 2.24) is 4.98 Å². The molecule has 1 aliphatic rings. The standard InChI is InChI=1S/C12H12FN3O2S2/c13-8-3-9(14)5-10(4-8)20(17,18)16-12-15-11(6-19-12)7-1-2-7/h3-7H,1-2,14H2,(H,15,16). The SMILES string of the molecule is Nc1cc(F)cc(S(=O)(=O)Nc2nc(C3CC3)cs2)c1. The van der Waals surface area contributed by atoms with Gasteiger partial charge in [-0.15, -0.1) is 11.3 Å². The van der Waals surface area contributed by atoms with Crippen molar-refractivity contribution in [3.63, 3.8) is 0 Å². The average molecular weight is 313 g/mol. The Hall–Kier alpha value is -1.67. The van der Waals surface area contributed by atoms with Gasteiger partial charge in [0.1, 0.15) is 5.82 Å². The minimum absolute atomic E-state index is 0.0585. The molecule has 0 aliphatic heterocycles. The van der Waals surface area contributed by atoms with Gasteiger partial charge in [-0.05, 0) is 31.0 Å². The van der Waals surface area contributed by atoms with E-state index in [0.29, 0.717) is 5.92 Å². The maximum absolute atomic E-state index is 13.2. The second-order valence-corrected chi connectivity index (χ2v) is 7.22. The number of nitrogens with one attached hydrogen (secondary N) is 1. The molecule has 20 heavy (non-hydrogen) atoms. The van der Waals surface area contributed by atoms with Crippen molar-refractivity contribution in [3.8, 4) is 0 Å². The zero-order valence-corrected chi connectivity index (χ0v) is 12.0. The monoisotopic (exact) mass is 313 g/mol. The molecule has 1 aromatic carbocycles. The predicted octanol–water partition coefficient (Wildman–Crippen LogP) is 2.54. The van der Waals surface area contributed by atoms with Crippen LogP contribution < -0.4 is 10.5 Å². The second-order valence-electron chi connectivity index (χ2n) is 4.68. The highest BCUT2D eigenvalue weighted by Gasteiger charge is 2.27. The summed E-state index contributed by atoms with van der Waals surface area (Å²) in [7, 11) is -3.87. The first-order chi connectivity index (χ1) is 9.44. The van der Waals surface area contributed by atoms with E-state index >= 15 is 0 Å². The predicted molar refractivity (Wildman–Crippen MR) is 75.7 cm³/mol. The summed E-state index contributed by atoms with van der Waals surface area (Å²) in [4.78, 5) is 4.02. The molecule has 8 heteroatoms. The summed E-state index contributed by atoms with van der Waals surface area (Å²) in [5.74, 6) is -0.238. The van der Waals surface area contributed by atoms with Gasteiger partial charge in [-0.2, -0.15) is 0 Å². The number of nitrogen functional groups attached to an aromatic ring is 1. The smallest absolute Gasteiger partial charge is 0.263 e. The first-order valence-electron chi connectivity index (χ1n) is 5.98. The average Bonchev–Trinajstić information content (AvgIpc) is 3.09. The van der Waals surface area contributed by atoms with Crippen LogP contribution >= 0.6 is 11.3 Å². The topological polar surface area (TPSA) is 85.1 Å². The van der Waals surface area contributed by atoms with Crippen LogP contribution in [-0.4, -0.2) is 13.4 Å². The zero-order chi connectivity index (χ0) is 14.3. The number of aromatic nitrogens is 1. The zero-order valence-electron chi connectivity index (χ0n) is 10.3. The van der Waals surface area contributed by atoms with Crippen LogP contribution in [0.4, 0.5) is 15.2 Å². The number of sulfonamides is 1. The van der Waals surface area contributed by atoms with E-state index in [0.717, 1.165) is 30.7 Å². The molecule has 1 saturated carbocycles. The first-order valence-corrected chi connectivity index (χ1v) is 8.34. The fourth-order valence-corrected chi connectivity index (χ4v) is 3.92. The van der Waals surface area contributed by atoms with Gasteiger partial charge in [0.25, 0.3) is 10.0 Å². The largest absolute Gasteiger partial charge is 0.399 e. The molecular weight excluding hydrogens is 301 g/mol. The summed E-state index contributed by atoms with van der Waals surface area (Å²) in [6.45, 7) is 0. The quantitative estimate of drug-likeness (QED) is 0.849. The van der Waals surface area contributed by atoms with Crippen molar-refractivity contribution in [2.75, 3.05) is 10.5 Å². The summed E-state index contributed by atoms with van der Waals surface area (Å²) in [6.07, 6.45) is 2.19.